The molecule has 25 heavy (non-hydrogen) atoms. The number of hydrogen-bond donors (Lipinski definition) is 0. The lowest BCUT2D eigenvalue weighted by Crippen LogP contribution is -2.31. The summed E-state index contributed by atoms with van der Waals surface area (Å²) in [6.45, 7) is 3.31. The van der Waals surface area contributed by atoms with E-state index in [1.165, 1.54) is 0 Å². The minimum Gasteiger partial charge on any atom is -0.493 e. The van der Waals surface area contributed by atoms with Gasteiger partial charge < -0.3 is 19.1 Å². The van der Waals surface area contributed by atoms with Gasteiger partial charge in [-0.25, -0.2) is 0 Å². The number of hydrogen-bond acceptors (Lipinski definition) is 4. The molecule has 0 saturated heterocycles. The molecule has 1 amide bonds. The Morgan fingerprint density at radius 1 is 1.00 bits per heavy atom. The van der Waals surface area contributed by atoms with E-state index in [2.05, 4.69) is 0 Å². The van der Waals surface area contributed by atoms with E-state index >= 15 is 0 Å². The van der Waals surface area contributed by atoms with Crippen LogP contribution in [0.2, 0.25) is 0 Å². The maximum Gasteiger partial charge on any atom is 0.225 e. The van der Waals surface area contributed by atoms with Gasteiger partial charge in [0.25, 0.3) is 0 Å². The van der Waals surface area contributed by atoms with Crippen molar-refractivity contribution in [1.82, 2.24) is 4.90 Å². The number of aryl methyl sites for hydroxylation is 1. The fourth-order valence-corrected chi connectivity index (χ4v) is 2.31. The zero-order valence-electron chi connectivity index (χ0n) is 15.0. The van der Waals surface area contributed by atoms with Crippen molar-refractivity contribution < 1.29 is 19.0 Å². The van der Waals surface area contributed by atoms with E-state index in [0.29, 0.717) is 37.7 Å². The number of carbonyl (C=O) groups excluding carboxylic acids is 1. The normalized spacial score (nSPS) is 10.2. The van der Waals surface area contributed by atoms with Gasteiger partial charge in [-0.05, 0) is 36.8 Å². The molecule has 0 N–H and O–H groups in total. The first-order chi connectivity index (χ1) is 12.1. The van der Waals surface area contributed by atoms with Gasteiger partial charge in [0.15, 0.2) is 11.5 Å². The molecule has 0 aliphatic carbocycles. The Labute approximate surface area is 149 Å². The molecule has 0 spiro atoms. The first-order valence-electron chi connectivity index (χ1n) is 8.29. The maximum atomic E-state index is 12.1. The van der Waals surface area contributed by atoms with Crippen LogP contribution in [0.1, 0.15) is 12.0 Å². The van der Waals surface area contributed by atoms with Crippen molar-refractivity contribution in [3.63, 3.8) is 0 Å². The predicted octanol–water partition coefficient (Wildman–Crippen LogP) is 3.31. The highest BCUT2D eigenvalue weighted by Crippen LogP contribution is 2.25. The van der Waals surface area contributed by atoms with Crippen molar-refractivity contribution in [1.29, 1.82) is 0 Å². The minimum absolute atomic E-state index is 0.0164. The topological polar surface area (TPSA) is 48.0 Å². The average Bonchev–Trinajstić information content (AvgIpc) is 2.62. The summed E-state index contributed by atoms with van der Waals surface area (Å²) in [5.74, 6) is 2.14. The molecule has 2 aromatic carbocycles. The average molecular weight is 343 g/mol. The van der Waals surface area contributed by atoms with E-state index < -0.39 is 0 Å². The number of ether oxygens (including phenoxy) is 3. The Balaban J connectivity index is 1.69. The highest BCUT2D eigenvalue weighted by atomic mass is 16.5. The molecule has 0 atom stereocenters. The van der Waals surface area contributed by atoms with Crippen LogP contribution in [0.25, 0.3) is 0 Å². The van der Waals surface area contributed by atoms with Crippen LogP contribution in [-0.4, -0.2) is 44.7 Å². The summed E-state index contributed by atoms with van der Waals surface area (Å²) in [5.41, 5.74) is 1.15. The van der Waals surface area contributed by atoms with Gasteiger partial charge in [0, 0.05) is 7.05 Å². The second-order valence-electron chi connectivity index (χ2n) is 5.73. The molecule has 0 bridgehead atoms. The number of rotatable bonds is 9. The highest BCUT2D eigenvalue weighted by molar-refractivity contribution is 5.76. The molecule has 0 radical (unpaired) electrons. The Morgan fingerprint density at radius 2 is 1.76 bits per heavy atom. The van der Waals surface area contributed by atoms with E-state index in [-0.39, 0.29) is 5.91 Å². The lowest BCUT2D eigenvalue weighted by molar-refractivity contribution is -0.130. The third-order valence-electron chi connectivity index (χ3n) is 3.75. The number of nitrogens with zero attached hydrogens (tertiary/aromatic N) is 1. The molecule has 134 valence electrons. The quantitative estimate of drug-likeness (QED) is 0.701. The van der Waals surface area contributed by atoms with E-state index in [1.807, 2.05) is 55.5 Å². The number of para-hydroxylation sites is 2. The fourth-order valence-electron chi connectivity index (χ4n) is 2.31. The van der Waals surface area contributed by atoms with Gasteiger partial charge in [0.05, 0.1) is 26.7 Å². The van der Waals surface area contributed by atoms with Gasteiger partial charge in [-0.15, -0.1) is 0 Å². The molecule has 0 aliphatic rings. The zero-order chi connectivity index (χ0) is 18.1. The van der Waals surface area contributed by atoms with Crippen molar-refractivity contribution in [2.45, 2.75) is 13.3 Å². The number of benzene rings is 2. The lowest BCUT2D eigenvalue weighted by Gasteiger charge is -2.18. The first-order valence-corrected chi connectivity index (χ1v) is 8.29. The van der Waals surface area contributed by atoms with Gasteiger partial charge in [-0.2, -0.15) is 0 Å². The molecule has 0 heterocycles. The van der Waals surface area contributed by atoms with Crippen LogP contribution in [0.5, 0.6) is 17.2 Å². The Kier molecular flexibility index (Phi) is 7.14. The van der Waals surface area contributed by atoms with Crippen molar-refractivity contribution in [2.24, 2.45) is 0 Å². The van der Waals surface area contributed by atoms with Crippen LogP contribution in [0.3, 0.4) is 0 Å². The summed E-state index contributed by atoms with van der Waals surface area (Å²) in [7, 11) is 3.36. The summed E-state index contributed by atoms with van der Waals surface area (Å²) in [6.07, 6.45) is 0.305. The fraction of sp³-hybridized carbons (Fsp3) is 0.350. The number of amides is 1. The molecule has 0 fully saturated rings. The summed E-state index contributed by atoms with van der Waals surface area (Å²) in [5, 5.41) is 0. The molecule has 0 aromatic heterocycles. The number of methoxy groups -OCH3 is 1. The number of carbonyl (C=O) groups is 1. The summed E-state index contributed by atoms with van der Waals surface area (Å²) in [6, 6.07) is 15.2. The molecule has 0 aliphatic heterocycles. The third-order valence-corrected chi connectivity index (χ3v) is 3.75. The van der Waals surface area contributed by atoms with Crippen molar-refractivity contribution in [3.05, 3.63) is 54.1 Å². The van der Waals surface area contributed by atoms with Crippen LogP contribution < -0.4 is 14.2 Å². The van der Waals surface area contributed by atoms with Gasteiger partial charge >= 0.3 is 0 Å². The second-order valence-corrected chi connectivity index (χ2v) is 5.73. The van der Waals surface area contributed by atoms with Crippen LogP contribution in [0.15, 0.2) is 48.5 Å². The van der Waals surface area contributed by atoms with Crippen LogP contribution in [0.4, 0.5) is 0 Å². The van der Waals surface area contributed by atoms with Crippen molar-refractivity contribution in [3.8, 4) is 17.2 Å². The minimum atomic E-state index is 0.0164. The Bertz CT molecular complexity index is 687. The number of likely N-dealkylation sites (N-methyl/N-ethyl adjacent to an activating group) is 1. The van der Waals surface area contributed by atoms with E-state index in [4.69, 9.17) is 14.2 Å². The van der Waals surface area contributed by atoms with Crippen LogP contribution in [-0.2, 0) is 4.79 Å². The largest absolute Gasteiger partial charge is 0.493 e. The molecular weight excluding hydrogens is 318 g/mol. The zero-order valence-corrected chi connectivity index (χ0v) is 15.0. The first kappa shape index (κ1) is 18.6. The molecule has 2 aromatic rings. The van der Waals surface area contributed by atoms with E-state index in [1.54, 1.807) is 19.1 Å². The maximum absolute atomic E-state index is 12.1. The summed E-state index contributed by atoms with van der Waals surface area (Å²) < 4.78 is 16.5. The summed E-state index contributed by atoms with van der Waals surface area (Å²) in [4.78, 5) is 13.8. The Morgan fingerprint density at radius 3 is 2.48 bits per heavy atom. The van der Waals surface area contributed by atoms with Gasteiger partial charge in [0.1, 0.15) is 12.4 Å². The van der Waals surface area contributed by atoms with Crippen molar-refractivity contribution >= 4 is 5.91 Å². The molecular formula is C20H25NO4. The standard InChI is InChI=1S/C20H25NO4/c1-16-7-6-8-17(15-16)24-14-12-21(2)20(22)11-13-25-19-10-5-4-9-18(19)23-3/h4-10,15H,11-14H2,1-3H3. The molecule has 2 rings (SSSR count). The smallest absolute Gasteiger partial charge is 0.225 e. The highest BCUT2D eigenvalue weighted by Gasteiger charge is 2.10. The van der Waals surface area contributed by atoms with E-state index in [0.717, 1.165) is 11.3 Å². The third kappa shape index (κ3) is 6.03. The molecule has 5 nitrogen and oxygen atoms in total. The Hall–Kier alpha value is -2.69. The van der Waals surface area contributed by atoms with Crippen LogP contribution >= 0.6 is 0 Å². The van der Waals surface area contributed by atoms with Gasteiger partial charge in [-0.1, -0.05) is 24.3 Å². The second kappa shape index (κ2) is 9.57. The van der Waals surface area contributed by atoms with Gasteiger partial charge in [-0.3, -0.25) is 4.79 Å². The summed E-state index contributed by atoms with van der Waals surface area (Å²) >= 11 is 0. The monoisotopic (exact) mass is 343 g/mol. The van der Waals surface area contributed by atoms with Gasteiger partial charge in [0.2, 0.25) is 5.91 Å². The predicted molar refractivity (Wildman–Crippen MR) is 97.4 cm³/mol. The van der Waals surface area contributed by atoms with Crippen LogP contribution in [0, 0.1) is 6.92 Å². The lowest BCUT2D eigenvalue weighted by atomic mass is 10.2. The molecule has 0 saturated carbocycles. The molecule has 0 unspecified atom stereocenters. The van der Waals surface area contributed by atoms with E-state index in [9.17, 15) is 4.79 Å². The molecule has 5 heteroatoms. The SMILES string of the molecule is COc1ccccc1OCCC(=O)N(C)CCOc1cccc(C)c1. The van der Waals surface area contributed by atoms with Crippen molar-refractivity contribution in [2.75, 3.05) is 33.9 Å².